The molecule has 5 nitrogen and oxygen atoms in total. The van der Waals surface area contributed by atoms with Crippen LogP contribution in [0.15, 0.2) is 54.7 Å². The second kappa shape index (κ2) is 5.13. The van der Waals surface area contributed by atoms with E-state index in [4.69, 9.17) is 16.2 Å². The third-order valence-corrected chi connectivity index (χ3v) is 3.14. The van der Waals surface area contributed by atoms with Gasteiger partial charge in [-0.1, -0.05) is 12.1 Å². The second-order valence-electron chi connectivity index (χ2n) is 4.51. The van der Waals surface area contributed by atoms with E-state index in [1.54, 1.807) is 48.7 Å². The minimum atomic E-state index is -0.543. The smallest absolute Gasteiger partial charge is 0.252 e. The van der Waals surface area contributed by atoms with Gasteiger partial charge in [0.05, 0.1) is 5.56 Å². The molecule has 3 aromatic rings. The van der Waals surface area contributed by atoms with Gasteiger partial charge in [-0.3, -0.25) is 9.78 Å². The number of anilines is 1. The molecule has 0 spiro atoms. The highest BCUT2D eigenvalue weighted by Crippen LogP contribution is 2.32. The van der Waals surface area contributed by atoms with E-state index in [0.29, 0.717) is 28.3 Å². The van der Waals surface area contributed by atoms with E-state index in [2.05, 4.69) is 4.98 Å². The van der Waals surface area contributed by atoms with Gasteiger partial charge >= 0.3 is 0 Å². The van der Waals surface area contributed by atoms with Crippen LogP contribution in [0.3, 0.4) is 0 Å². The first kappa shape index (κ1) is 12.9. The van der Waals surface area contributed by atoms with Gasteiger partial charge < -0.3 is 16.2 Å². The molecule has 0 saturated heterocycles. The summed E-state index contributed by atoms with van der Waals surface area (Å²) in [7, 11) is 0. The summed E-state index contributed by atoms with van der Waals surface area (Å²) in [4.78, 5) is 15.7. The zero-order valence-electron chi connectivity index (χ0n) is 11.1. The molecule has 1 heterocycles. The fourth-order valence-electron chi connectivity index (χ4n) is 2.13. The predicted octanol–water partition coefficient (Wildman–Crippen LogP) is 2.71. The third-order valence-electron chi connectivity index (χ3n) is 3.14. The fraction of sp³-hybridized carbons (Fsp3) is 0. The minimum Gasteiger partial charge on any atom is -0.454 e. The number of aromatic nitrogens is 1. The number of hydrogen-bond donors (Lipinski definition) is 2. The lowest BCUT2D eigenvalue weighted by atomic mass is 10.1. The average Bonchev–Trinajstić information content (AvgIpc) is 2.51. The molecule has 0 bridgehead atoms. The van der Waals surface area contributed by atoms with Crippen molar-refractivity contribution >= 4 is 22.5 Å². The molecule has 21 heavy (non-hydrogen) atoms. The van der Waals surface area contributed by atoms with Crippen molar-refractivity contribution in [3.05, 3.63) is 60.3 Å². The molecule has 0 fully saturated rings. The zero-order chi connectivity index (χ0) is 14.8. The SMILES string of the molecule is NC(=O)c1ccccc1Oc1ccc(N)c2cccnc12. The van der Waals surface area contributed by atoms with E-state index in [9.17, 15) is 4.79 Å². The van der Waals surface area contributed by atoms with Gasteiger partial charge in [-0.2, -0.15) is 0 Å². The van der Waals surface area contributed by atoms with Crippen LogP contribution in [-0.2, 0) is 0 Å². The molecule has 0 saturated carbocycles. The van der Waals surface area contributed by atoms with Crippen molar-refractivity contribution in [3.63, 3.8) is 0 Å². The molecule has 104 valence electrons. The van der Waals surface area contributed by atoms with Gasteiger partial charge in [0.1, 0.15) is 11.3 Å². The Morgan fingerprint density at radius 3 is 2.62 bits per heavy atom. The summed E-state index contributed by atoms with van der Waals surface area (Å²) in [5, 5.41) is 0.798. The molecule has 0 atom stereocenters. The Morgan fingerprint density at radius 2 is 1.81 bits per heavy atom. The Balaban J connectivity index is 2.11. The molecule has 0 radical (unpaired) electrons. The highest BCUT2D eigenvalue weighted by molar-refractivity contribution is 5.97. The average molecular weight is 279 g/mol. The summed E-state index contributed by atoms with van der Waals surface area (Å²) in [6.45, 7) is 0. The first-order valence-corrected chi connectivity index (χ1v) is 6.36. The number of carbonyl (C=O) groups excluding carboxylic acids is 1. The maximum absolute atomic E-state index is 11.4. The van der Waals surface area contributed by atoms with Crippen molar-refractivity contribution in [2.75, 3.05) is 5.73 Å². The number of carbonyl (C=O) groups is 1. The number of pyridine rings is 1. The van der Waals surface area contributed by atoms with Gasteiger partial charge in [-0.05, 0) is 36.4 Å². The van der Waals surface area contributed by atoms with Crippen molar-refractivity contribution in [2.45, 2.75) is 0 Å². The normalized spacial score (nSPS) is 10.5. The summed E-state index contributed by atoms with van der Waals surface area (Å²) in [5.74, 6) is 0.369. The number of amides is 1. The third kappa shape index (κ3) is 2.36. The summed E-state index contributed by atoms with van der Waals surface area (Å²) >= 11 is 0. The molecule has 0 aliphatic heterocycles. The van der Waals surface area contributed by atoms with Gasteiger partial charge in [0.25, 0.3) is 5.91 Å². The highest BCUT2D eigenvalue weighted by atomic mass is 16.5. The van der Waals surface area contributed by atoms with Crippen molar-refractivity contribution in [1.82, 2.24) is 4.98 Å². The second-order valence-corrected chi connectivity index (χ2v) is 4.51. The van der Waals surface area contributed by atoms with E-state index in [1.165, 1.54) is 0 Å². The maximum Gasteiger partial charge on any atom is 0.252 e. The van der Waals surface area contributed by atoms with E-state index in [1.807, 2.05) is 6.07 Å². The van der Waals surface area contributed by atoms with Crippen molar-refractivity contribution in [1.29, 1.82) is 0 Å². The lowest BCUT2D eigenvalue weighted by Crippen LogP contribution is -2.12. The Labute approximate surface area is 121 Å². The van der Waals surface area contributed by atoms with Crippen molar-refractivity contribution < 1.29 is 9.53 Å². The first-order valence-electron chi connectivity index (χ1n) is 6.36. The number of benzene rings is 2. The molecule has 1 amide bonds. The molecule has 3 rings (SSSR count). The maximum atomic E-state index is 11.4. The van der Waals surface area contributed by atoms with Crippen LogP contribution in [0.5, 0.6) is 11.5 Å². The van der Waals surface area contributed by atoms with E-state index >= 15 is 0 Å². The Kier molecular flexibility index (Phi) is 3.16. The van der Waals surface area contributed by atoms with Crippen molar-refractivity contribution in [2.24, 2.45) is 5.73 Å². The lowest BCUT2D eigenvalue weighted by Gasteiger charge is -2.11. The van der Waals surface area contributed by atoms with Crippen LogP contribution in [0.1, 0.15) is 10.4 Å². The minimum absolute atomic E-state index is 0.318. The van der Waals surface area contributed by atoms with Crippen LogP contribution in [0.25, 0.3) is 10.9 Å². The van der Waals surface area contributed by atoms with Crippen molar-refractivity contribution in [3.8, 4) is 11.5 Å². The lowest BCUT2D eigenvalue weighted by molar-refractivity contribution is 0.0998. The number of rotatable bonds is 3. The Bertz CT molecular complexity index is 831. The molecule has 0 aliphatic carbocycles. The van der Waals surface area contributed by atoms with E-state index in [0.717, 1.165) is 5.39 Å². The Hall–Kier alpha value is -3.08. The summed E-state index contributed by atoms with van der Waals surface area (Å²) in [6, 6.07) is 13.9. The van der Waals surface area contributed by atoms with Crippen LogP contribution in [0, 0.1) is 0 Å². The molecule has 0 aliphatic rings. The molecule has 5 heteroatoms. The molecular formula is C16H13N3O2. The zero-order valence-corrected chi connectivity index (χ0v) is 11.1. The van der Waals surface area contributed by atoms with Gasteiger partial charge in [-0.15, -0.1) is 0 Å². The number of nitrogens with two attached hydrogens (primary N) is 2. The van der Waals surface area contributed by atoms with Crippen LogP contribution < -0.4 is 16.2 Å². The topological polar surface area (TPSA) is 91.2 Å². The number of fused-ring (bicyclic) bond motifs is 1. The summed E-state index contributed by atoms with van der Waals surface area (Å²) in [6.07, 6.45) is 1.66. The highest BCUT2D eigenvalue weighted by Gasteiger charge is 2.12. The van der Waals surface area contributed by atoms with E-state index < -0.39 is 5.91 Å². The Morgan fingerprint density at radius 1 is 1.00 bits per heavy atom. The monoisotopic (exact) mass is 279 g/mol. The summed E-state index contributed by atoms with van der Waals surface area (Å²) in [5.41, 5.74) is 12.9. The van der Waals surface area contributed by atoms with Gasteiger partial charge in [0, 0.05) is 17.3 Å². The number of nitrogens with zero attached hydrogens (tertiary/aromatic N) is 1. The predicted molar refractivity (Wildman–Crippen MR) is 81.2 cm³/mol. The van der Waals surface area contributed by atoms with Crippen LogP contribution in [0.2, 0.25) is 0 Å². The summed E-state index contributed by atoms with van der Waals surface area (Å²) < 4.78 is 5.82. The fourth-order valence-corrected chi connectivity index (χ4v) is 2.13. The standard InChI is InChI=1S/C16H13N3O2/c17-12-7-8-14(15-10(12)5-3-9-19-15)21-13-6-2-1-4-11(13)16(18)20/h1-9H,17H2,(H2,18,20). The largest absolute Gasteiger partial charge is 0.454 e. The van der Waals surface area contributed by atoms with Crippen LogP contribution in [-0.4, -0.2) is 10.9 Å². The molecule has 4 N–H and O–H groups in total. The molecule has 0 unspecified atom stereocenters. The van der Waals surface area contributed by atoms with Gasteiger partial charge in [-0.25, -0.2) is 0 Å². The van der Waals surface area contributed by atoms with Gasteiger partial charge in [0.2, 0.25) is 0 Å². The number of nitrogen functional groups attached to an aromatic ring is 1. The molecule has 1 aromatic heterocycles. The van der Waals surface area contributed by atoms with Crippen LogP contribution in [0.4, 0.5) is 5.69 Å². The van der Waals surface area contributed by atoms with Gasteiger partial charge in [0.15, 0.2) is 5.75 Å². The number of para-hydroxylation sites is 1. The number of ether oxygens (including phenoxy) is 1. The first-order chi connectivity index (χ1) is 10.2. The number of hydrogen-bond acceptors (Lipinski definition) is 4. The molecular weight excluding hydrogens is 266 g/mol. The van der Waals surface area contributed by atoms with E-state index in [-0.39, 0.29) is 0 Å². The quantitative estimate of drug-likeness (QED) is 0.721. The van der Waals surface area contributed by atoms with Crippen LogP contribution >= 0.6 is 0 Å². The molecule has 2 aromatic carbocycles. The number of primary amides is 1.